The molecular weight excluding hydrogens is 262 g/mol. The van der Waals surface area contributed by atoms with Crippen LogP contribution in [-0.4, -0.2) is 27.4 Å². The van der Waals surface area contributed by atoms with Crippen LogP contribution in [0.5, 0.6) is 0 Å². The zero-order valence-electron chi connectivity index (χ0n) is 12.2. The van der Waals surface area contributed by atoms with Gasteiger partial charge >= 0.3 is 0 Å². The highest BCUT2D eigenvalue weighted by molar-refractivity contribution is 7.89. The van der Waals surface area contributed by atoms with Gasteiger partial charge in [-0.15, -0.1) is 0 Å². The van der Waals surface area contributed by atoms with Gasteiger partial charge in [-0.1, -0.05) is 45.4 Å². The molecule has 1 fully saturated rings. The van der Waals surface area contributed by atoms with Crippen LogP contribution < -0.4 is 5.14 Å². The second kappa shape index (κ2) is 8.22. The molecule has 0 aromatic rings. The van der Waals surface area contributed by atoms with E-state index >= 15 is 0 Å². The number of sulfonamides is 1. The molecule has 0 bridgehead atoms. The molecule has 5 heteroatoms. The van der Waals surface area contributed by atoms with Crippen LogP contribution in [0, 0.1) is 5.41 Å². The number of rotatable bonds is 9. The largest absolute Gasteiger partial charge is 0.381 e. The van der Waals surface area contributed by atoms with Gasteiger partial charge < -0.3 is 4.74 Å². The molecule has 0 atom stereocenters. The third-order valence-electron chi connectivity index (χ3n) is 3.97. The van der Waals surface area contributed by atoms with Gasteiger partial charge in [0.15, 0.2) is 0 Å². The summed E-state index contributed by atoms with van der Waals surface area (Å²) in [6, 6.07) is 0. The molecule has 1 aliphatic carbocycles. The van der Waals surface area contributed by atoms with E-state index in [1.807, 2.05) is 0 Å². The Bertz CT molecular complexity index is 335. The van der Waals surface area contributed by atoms with Gasteiger partial charge in [0.1, 0.15) is 0 Å². The Kier molecular flexibility index (Phi) is 7.32. The second-order valence-corrected chi connectivity index (χ2v) is 7.60. The second-order valence-electron chi connectivity index (χ2n) is 5.98. The van der Waals surface area contributed by atoms with Crippen molar-refractivity contribution < 1.29 is 13.2 Å². The average molecular weight is 291 g/mol. The van der Waals surface area contributed by atoms with Crippen LogP contribution in [0.15, 0.2) is 0 Å². The van der Waals surface area contributed by atoms with Crippen LogP contribution >= 0.6 is 0 Å². The van der Waals surface area contributed by atoms with Crippen molar-refractivity contribution in [1.82, 2.24) is 0 Å². The van der Waals surface area contributed by atoms with E-state index in [9.17, 15) is 8.42 Å². The molecular formula is C14H29NO3S. The van der Waals surface area contributed by atoms with Crippen molar-refractivity contribution in [3.05, 3.63) is 0 Å². The summed E-state index contributed by atoms with van der Waals surface area (Å²) in [4.78, 5) is 0. The van der Waals surface area contributed by atoms with Crippen molar-refractivity contribution in [2.75, 3.05) is 19.0 Å². The van der Waals surface area contributed by atoms with E-state index < -0.39 is 10.0 Å². The van der Waals surface area contributed by atoms with E-state index in [2.05, 4.69) is 6.92 Å². The molecule has 1 saturated carbocycles. The maximum absolute atomic E-state index is 11.4. The molecule has 0 unspecified atom stereocenters. The first-order valence-electron chi connectivity index (χ1n) is 7.56. The summed E-state index contributed by atoms with van der Waals surface area (Å²) in [6.45, 7) is 3.48. The van der Waals surface area contributed by atoms with Crippen molar-refractivity contribution in [3.8, 4) is 0 Å². The van der Waals surface area contributed by atoms with Crippen LogP contribution in [0.1, 0.15) is 64.7 Å². The topological polar surface area (TPSA) is 69.4 Å². The van der Waals surface area contributed by atoms with E-state index in [0.717, 1.165) is 38.7 Å². The van der Waals surface area contributed by atoms with E-state index in [-0.39, 0.29) is 11.2 Å². The van der Waals surface area contributed by atoms with Gasteiger partial charge in [0.05, 0.1) is 12.4 Å². The van der Waals surface area contributed by atoms with Gasteiger partial charge in [0.2, 0.25) is 10.0 Å². The zero-order valence-corrected chi connectivity index (χ0v) is 13.0. The van der Waals surface area contributed by atoms with Gasteiger partial charge in [-0.05, 0) is 19.3 Å². The fourth-order valence-corrected chi connectivity index (χ4v) is 4.20. The molecule has 0 aliphatic heterocycles. The molecule has 0 spiro atoms. The highest BCUT2D eigenvalue weighted by atomic mass is 32.2. The number of primary sulfonamides is 1. The predicted octanol–water partition coefficient (Wildman–Crippen LogP) is 2.82. The lowest BCUT2D eigenvalue weighted by Crippen LogP contribution is -2.39. The predicted molar refractivity (Wildman–Crippen MR) is 78.5 cm³/mol. The summed E-state index contributed by atoms with van der Waals surface area (Å²) in [5.41, 5.74) is -0.226. The Morgan fingerprint density at radius 2 is 1.79 bits per heavy atom. The summed E-state index contributed by atoms with van der Waals surface area (Å²) in [6.07, 6.45) is 9.96. The summed E-state index contributed by atoms with van der Waals surface area (Å²) in [5.74, 6) is 0.0783. The molecule has 0 aromatic carbocycles. The standard InChI is InChI=1S/C14H29NO3S/c1-2-3-4-8-11-18-12-14(13-19(15,16)17)9-6-5-7-10-14/h2-13H2,1H3,(H2,15,16,17). The Labute approximate surface area is 118 Å². The van der Waals surface area contributed by atoms with Gasteiger partial charge in [0.25, 0.3) is 0 Å². The molecule has 0 heterocycles. The molecule has 114 valence electrons. The van der Waals surface area contributed by atoms with Crippen molar-refractivity contribution in [3.63, 3.8) is 0 Å². The average Bonchev–Trinajstić information content (AvgIpc) is 2.32. The first kappa shape index (κ1) is 16.9. The molecule has 1 rings (SSSR count). The third-order valence-corrected chi connectivity index (χ3v) is 4.99. The molecule has 0 aromatic heterocycles. The van der Waals surface area contributed by atoms with E-state index in [1.54, 1.807) is 0 Å². The fraction of sp³-hybridized carbons (Fsp3) is 1.00. The maximum atomic E-state index is 11.4. The minimum atomic E-state index is -3.41. The molecule has 0 saturated heterocycles. The van der Waals surface area contributed by atoms with Crippen molar-refractivity contribution in [2.45, 2.75) is 64.7 Å². The highest BCUT2D eigenvalue weighted by Crippen LogP contribution is 2.37. The summed E-state index contributed by atoms with van der Waals surface area (Å²) >= 11 is 0. The van der Waals surface area contributed by atoms with Gasteiger partial charge in [-0.2, -0.15) is 0 Å². The molecule has 0 amide bonds. The van der Waals surface area contributed by atoms with Crippen molar-refractivity contribution in [2.24, 2.45) is 10.6 Å². The van der Waals surface area contributed by atoms with Gasteiger partial charge in [0, 0.05) is 12.0 Å². The van der Waals surface area contributed by atoms with E-state index in [1.165, 1.54) is 25.7 Å². The number of nitrogens with two attached hydrogens (primary N) is 1. The summed E-state index contributed by atoms with van der Waals surface area (Å²) < 4.78 is 28.6. The number of hydrogen-bond donors (Lipinski definition) is 1. The van der Waals surface area contributed by atoms with Gasteiger partial charge in [-0.3, -0.25) is 0 Å². The maximum Gasteiger partial charge on any atom is 0.209 e. The number of ether oxygens (including phenoxy) is 1. The van der Waals surface area contributed by atoms with Gasteiger partial charge in [-0.25, -0.2) is 13.6 Å². The van der Waals surface area contributed by atoms with Crippen molar-refractivity contribution >= 4 is 10.0 Å². The Hall–Kier alpha value is -0.130. The molecule has 1 aliphatic rings. The Balaban J connectivity index is 2.37. The fourth-order valence-electron chi connectivity index (χ4n) is 2.98. The lowest BCUT2D eigenvalue weighted by atomic mass is 9.76. The molecule has 2 N–H and O–H groups in total. The number of hydrogen-bond acceptors (Lipinski definition) is 3. The highest BCUT2D eigenvalue weighted by Gasteiger charge is 2.35. The minimum Gasteiger partial charge on any atom is -0.381 e. The number of unbranched alkanes of at least 4 members (excludes halogenated alkanes) is 3. The molecule has 19 heavy (non-hydrogen) atoms. The van der Waals surface area contributed by atoms with Crippen molar-refractivity contribution in [1.29, 1.82) is 0 Å². The smallest absolute Gasteiger partial charge is 0.209 e. The minimum absolute atomic E-state index is 0.0783. The summed E-state index contributed by atoms with van der Waals surface area (Å²) in [7, 11) is -3.41. The quantitative estimate of drug-likeness (QED) is 0.664. The lowest BCUT2D eigenvalue weighted by molar-refractivity contribution is 0.0315. The lowest BCUT2D eigenvalue weighted by Gasteiger charge is -2.36. The van der Waals surface area contributed by atoms with E-state index in [4.69, 9.17) is 9.88 Å². The van der Waals surface area contributed by atoms with Crippen LogP contribution in [0.3, 0.4) is 0 Å². The first-order valence-corrected chi connectivity index (χ1v) is 9.27. The normalized spacial score (nSPS) is 19.5. The Morgan fingerprint density at radius 3 is 2.37 bits per heavy atom. The van der Waals surface area contributed by atoms with Crippen LogP contribution in [0.25, 0.3) is 0 Å². The first-order chi connectivity index (χ1) is 8.97. The van der Waals surface area contributed by atoms with E-state index in [0.29, 0.717) is 6.61 Å². The summed E-state index contributed by atoms with van der Waals surface area (Å²) in [5, 5.41) is 5.24. The Morgan fingerprint density at radius 1 is 1.11 bits per heavy atom. The van der Waals surface area contributed by atoms with Crippen LogP contribution in [0.2, 0.25) is 0 Å². The molecule has 4 nitrogen and oxygen atoms in total. The molecule has 0 radical (unpaired) electrons. The monoisotopic (exact) mass is 291 g/mol. The SMILES string of the molecule is CCCCCCOCC1(CS(N)(=O)=O)CCCCC1. The van der Waals surface area contributed by atoms with Crippen LogP contribution in [-0.2, 0) is 14.8 Å². The third kappa shape index (κ3) is 7.28. The van der Waals surface area contributed by atoms with Crippen LogP contribution in [0.4, 0.5) is 0 Å². The zero-order chi connectivity index (χ0) is 14.2.